The standard InChI is InChI=1S/C14H10FN3O/c15-11-6-8-12(9-7-11)17-10-18(16-14(17)19)13-4-2-1-3-5-13/h1-10H/p+1. The van der Waals surface area contributed by atoms with Crippen LogP contribution >= 0.6 is 0 Å². The van der Waals surface area contributed by atoms with E-state index >= 15 is 0 Å². The lowest BCUT2D eigenvalue weighted by Gasteiger charge is -1.93. The number of aromatic amines is 1. The van der Waals surface area contributed by atoms with Crippen molar-refractivity contribution < 1.29 is 9.07 Å². The number of rotatable bonds is 2. The van der Waals surface area contributed by atoms with E-state index in [1.165, 1.54) is 16.7 Å². The molecule has 94 valence electrons. The molecule has 0 saturated carbocycles. The molecule has 0 spiro atoms. The summed E-state index contributed by atoms with van der Waals surface area (Å²) in [5.74, 6) is -0.330. The van der Waals surface area contributed by atoms with Gasteiger partial charge in [0, 0.05) is 0 Å². The van der Waals surface area contributed by atoms with Gasteiger partial charge in [0.05, 0.1) is 0 Å². The third kappa shape index (κ3) is 2.18. The fourth-order valence-electron chi connectivity index (χ4n) is 1.86. The average molecular weight is 256 g/mol. The minimum atomic E-state index is -0.330. The molecule has 0 fully saturated rings. The molecule has 0 aliphatic heterocycles. The molecular weight excluding hydrogens is 245 g/mol. The maximum Gasteiger partial charge on any atom is 0.449 e. The molecule has 4 nitrogen and oxygen atoms in total. The minimum absolute atomic E-state index is 0.282. The fourth-order valence-corrected chi connectivity index (χ4v) is 1.86. The molecule has 0 amide bonds. The van der Waals surface area contributed by atoms with Gasteiger partial charge in [-0.25, -0.2) is 9.18 Å². The Bertz CT molecular complexity index is 744. The van der Waals surface area contributed by atoms with Crippen molar-refractivity contribution in [2.45, 2.75) is 0 Å². The van der Waals surface area contributed by atoms with Crippen LogP contribution in [0.5, 0.6) is 0 Å². The van der Waals surface area contributed by atoms with E-state index in [2.05, 4.69) is 5.10 Å². The number of hydrogen-bond acceptors (Lipinski definition) is 1. The second-order valence-electron chi connectivity index (χ2n) is 4.08. The molecule has 1 aromatic heterocycles. The summed E-state index contributed by atoms with van der Waals surface area (Å²) in [5, 5.41) is 2.70. The van der Waals surface area contributed by atoms with E-state index in [0.29, 0.717) is 5.69 Å². The maximum absolute atomic E-state index is 12.9. The number of halogens is 1. The number of hydrogen-bond donors (Lipinski definition) is 1. The van der Waals surface area contributed by atoms with Crippen LogP contribution < -0.4 is 10.4 Å². The Kier molecular flexibility index (Phi) is 2.72. The van der Waals surface area contributed by atoms with Crippen LogP contribution in [-0.4, -0.2) is 9.67 Å². The molecule has 0 aliphatic carbocycles. The van der Waals surface area contributed by atoms with Gasteiger partial charge in [-0.15, -0.1) is 14.3 Å². The van der Waals surface area contributed by atoms with E-state index in [0.717, 1.165) is 5.69 Å². The van der Waals surface area contributed by atoms with Crippen LogP contribution in [0.3, 0.4) is 0 Å². The van der Waals surface area contributed by atoms with Crippen molar-refractivity contribution in [3.05, 3.63) is 77.2 Å². The molecule has 0 aliphatic rings. The Labute approximate surface area is 108 Å². The first-order chi connectivity index (χ1) is 9.24. The van der Waals surface area contributed by atoms with Crippen molar-refractivity contribution in [1.82, 2.24) is 9.67 Å². The van der Waals surface area contributed by atoms with Gasteiger partial charge in [0.1, 0.15) is 11.5 Å². The molecule has 0 radical (unpaired) electrons. The first-order valence-electron chi connectivity index (χ1n) is 5.79. The summed E-state index contributed by atoms with van der Waals surface area (Å²) in [7, 11) is 0. The zero-order chi connectivity index (χ0) is 13.2. The molecular formula is C14H11FN3O+. The summed E-state index contributed by atoms with van der Waals surface area (Å²) in [6.45, 7) is 0. The number of para-hydroxylation sites is 1. The quantitative estimate of drug-likeness (QED) is 0.695. The van der Waals surface area contributed by atoms with E-state index < -0.39 is 0 Å². The lowest BCUT2D eigenvalue weighted by atomic mass is 10.3. The van der Waals surface area contributed by atoms with Crippen LogP contribution in [0.2, 0.25) is 0 Å². The van der Waals surface area contributed by atoms with Gasteiger partial charge in [-0.1, -0.05) is 18.2 Å². The highest BCUT2D eigenvalue weighted by molar-refractivity contribution is 5.30. The number of nitrogens with one attached hydrogen (secondary N) is 1. The van der Waals surface area contributed by atoms with Crippen molar-refractivity contribution in [3.8, 4) is 11.4 Å². The zero-order valence-electron chi connectivity index (χ0n) is 9.95. The van der Waals surface area contributed by atoms with Gasteiger partial charge in [0.15, 0.2) is 5.69 Å². The molecule has 0 unspecified atom stereocenters. The Balaban J connectivity index is 2.08. The highest BCUT2D eigenvalue weighted by atomic mass is 19.1. The van der Waals surface area contributed by atoms with Crippen molar-refractivity contribution in [2.24, 2.45) is 0 Å². The van der Waals surface area contributed by atoms with Crippen LogP contribution in [0, 0.1) is 5.82 Å². The molecule has 19 heavy (non-hydrogen) atoms. The average Bonchev–Trinajstić information content (AvgIpc) is 2.83. The molecule has 0 bridgehead atoms. The largest absolute Gasteiger partial charge is 0.449 e. The van der Waals surface area contributed by atoms with Crippen molar-refractivity contribution in [3.63, 3.8) is 0 Å². The van der Waals surface area contributed by atoms with Gasteiger partial charge in [-0.3, -0.25) is 0 Å². The Morgan fingerprint density at radius 3 is 2.37 bits per heavy atom. The first kappa shape index (κ1) is 11.4. The number of H-pyrrole nitrogens is 1. The molecule has 2 aromatic carbocycles. The Hall–Kier alpha value is -2.69. The van der Waals surface area contributed by atoms with E-state index in [1.54, 1.807) is 23.1 Å². The topological polar surface area (TPSA) is 41.7 Å². The van der Waals surface area contributed by atoms with Gasteiger partial charge >= 0.3 is 5.69 Å². The summed E-state index contributed by atoms with van der Waals surface area (Å²) in [4.78, 5) is 11.9. The lowest BCUT2D eigenvalue weighted by molar-refractivity contribution is -0.658. The third-order valence-corrected chi connectivity index (χ3v) is 2.80. The second kappa shape index (κ2) is 4.53. The van der Waals surface area contributed by atoms with Gasteiger partial charge in [-0.2, -0.15) is 0 Å². The monoisotopic (exact) mass is 256 g/mol. The van der Waals surface area contributed by atoms with E-state index in [4.69, 9.17) is 0 Å². The molecule has 1 heterocycles. The summed E-state index contributed by atoms with van der Waals surface area (Å²) < 4.78 is 15.9. The molecule has 3 aromatic rings. The molecule has 0 atom stereocenters. The van der Waals surface area contributed by atoms with E-state index in [9.17, 15) is 9.18 Å². The van der Waals surface area contributed by atoms with Crippen LogP contribution in [0.15, 0.2) is 65.7 Å². The Morgan fingerprint density at radius 1 is 1.00 bits per heavy atom. The van der Waals surface area contributed by atoms with Crippen LogP contribution in [-0.2, 0) is 0 Å². The summed E-state index contributed by atoms with van der Waals surface area (Å²) in [5.41, 5.74) is 1.17. The molecule has 1 N–H and O–H groups in total. The highest BCUT2D eigenvalue weighted by Crippen LogP contribution is 2.05. The maximum atomic E-state index is 12.9. The summed E-state index contributed by atoms with van der Waals surface area (Å²) >= 11 is 0. The third-order valence-electron chi connectivity index (χ3n) is 2.80. The lowest BCUT2D eigenvalue weighted by Crippen LogP contribution is -2.33. The predicted molar refractivity (Wildman–Crippen MR) is 67.9 cm³/mol. The first-order valence-corrected chi connectivity index (χ1v) is 5.79. The van der Waals surface area contributed by atoms with Crippen molar-refractivity contribution >= 4 is 0 Å². The smallest absolute Gasteiger partial charge is 0.216 e. The number of nitrogens with zero attached hydrogens (tertiary/aromatic N) is 2. The summed E-state index contributed by atoms with van der Waals surface area (Å²) in [6, 6.07) is 15.2. The highest BCUT2D eigenvalue weighted by Gasteiger charge is 2.13. The minimum Gasteiger partial charge on any atom is -0.216 e. The van der Waals surface area contributed by atoms with Gasteiger partial charge in [0.2, 0.25) is 0 Å². The van der Waals surface area contributed by atoms with E-state index in [1.807, 2.05) is 30.3 Å². The molecule has 0 saturated heterocycles. The van der Waals surface area contributed by atoms with Gasteiger partial charge < -0.3 is 0 Å². The van der Waals surface area contributed by atoms with E-state index in [-0.39, 0.29) is 11.5 Å². The zero-order valence-corrected chi connectivity index (χ0v) is 9.95. The molecule has 5 heteroatoms. The molecule has 3 rings (SSSR count). The normalized spacial score (nSPS) is 10.6. The SMILES string of the molecule is O=c1[nH][n+](-c2ccccc2)cn1-c1ccc(F)cc1. The van der Waals surface area contributed by atoms with Crippen LogP contribution in [0.25, 0.3) is 11.4 Å². The summed E-state index contributed by atoms with van der Waals surface area (Å²) in [6.07, 6.45) is 1.63. The van der Waals surface area contributed by atoms with Crippen LogP contribution in [0.1, 0.15) is 0 Å². The predicted octanol–water partition coefficient (Wildman–Crippen LogP) is 1.58. The van der Waals surface area contributed by atoms with Crippen molar-refractivity contribution in [1.29, 1.82) is 0 Å². The Morgan fingerprint density at radius 2 is 1.68 bits per heavy atom. The van der Waals surface area contributed by atoms with Gasteiger partial charge in [-0.05, 0) is 36.4 Å². The second-order valence-corrected chi connectivity index (χ2v) is 4.08. The number of benzene rings is 2. The fraction of sp³-hybridized carbons (Fsp3) is 0. The van der Waals surface area contributed by atoms with Gasteiger partial charge in [0.25, 0.3) is 6.33 Å². The number of aromatic nitrogens is 3. The van der Waals surface area contributed by atoms with Crippen LogP contribution in [0.4, 0.5) is 4.39 Å². The van der Waals surface area contributed by atoms with Crippen molar-refractivity contribution in [2.75, 3.05) is 0 Å².